The molecule has 0 bridgehead atoms. The first-order valence-electron chi connectivity index (χ1n) is 2.83. The van der Waals surface area contributed by atoms with Crippen molar-refractivity contribution in [3.63, 3.8) is 0 Å². The number of hydrogen-bond acceptors (Lipinski definition) is 4. The summed E-state index contributed by atoms with van der Waals surface area (Å²) in [4.78, 5) is 11.2. The fourth-order valence-electron chi connectivity index (χ4n) is 0.607. The Morgan fingerprint density at radius 1 is 1.75 bits per heavy atom. The number of methoxy groups -OCH3 is 1. The molecule has 1 aromatic rings. The maximum atomic E-state index is 11.0. The molecule has 6 heteroatoms. The monoisotopic (exact) mass is 362 g/mol. The molecule has 1 heterocycles. The molecular formula is C6H4BrIO3S. The zero-order valence-electron chi connectivity index (χ0n) is 5.93. The smallest absolute Gasteiger partial charge is 0.351 e. The third kappa shape index (κ3) is 1.74. The molecule has 0 unspecified atom stereocenters. The van der Waals surface area contributed by atoms with Crippen molar-refractivity contribution in [2.75, 3.05) is 7.11 Å². The number of thiophene rings is 1. The number of carbonyl (C=O) groups excluding carboxylic acids is 1. The van der Waals surface area contributed by atoms with Crippen LogP contribution in [0.5, 0.6) is 5.75 Å². The van der Waals surface area contributed by atoms with E-state index in [1.54, 1.807) is 0 Å². The first-order valence-corrected chi connectivity index (χ1v) is 5.51. The number of halogens is 2. The highest BCUT2D eigenvalue weighted by Gasteiger charge is 2.20. The predicted octanol–water partition coefficient (Wildman–Crippen LogP) is 2.61. The third-order valence-corrected chi connectivity index (χ3v) is 5.15. The van der Waals surface area contributed by atoms with Crippen LogP contribution < -0.4 is 0 Å². The van der Waals surface area contributed by atoms with Crippen LogP contribution in [0.25, 0.3) is 0 Å². The molecule has 1 rings (SSSR count). The summed E-state index contributed by atoms with van der Waals surface area (Å²) in [6, 6.07) is 0. The van der Waals surface area contributed by atoms with Gasteiger partial charge in [-0.2, -0.15) is 0 Å². The second-order valence-corrected chi connectivity index (χ2v) is 5.28. The Labute approximate surface area is 95.0 Å². The first kappa shape index (κ1) is 10.3. The molecule has 1 N–H and O–H groups in total. The highest BCUT2D eigenvalue weighted by molar-refractivity contribution is 14.1. The second kappa shape index (κ2) is 3.93. The van der Waals surface area contributed by atoms with Gasteiger partial charge in [-0.1, -0.05) is 0 Å². The van der Waals surface area contributed by atoms with Gasteiger partial charge >= 0.3 is 5.97 Å². The van der Waals surface area contributed by atoms with E-state index in [0.717, 1.165) is 15.1 Å². The molecule has 0 fully saturated rings. The molecule has 0 saturated carbocycles. The number of hydrogen-bond donors (Lipinski definition) is 1. The van der Waals surface area contributed by atoms with Gasteiger partial charge in [0.2, 0.25) is 0 Å². The average molecular weight is 363 g/mol. The van der Waals surface area contributed by atoms with Gasteiger partial charge in [-0.15, -0.1) is 11.3 Å². The van der Waals surface area contributed by atoms with Gasteiger partial charge in [-0.3, -0.25) is 0 Å². The average Bonchev–Trinajstić information content (AvgIpc) is 2.32. The van der Waals surface area contributed by atoms with Crippen LogP contribution in [0.4, 0.5) is 0 Å². The normalized spacial score (nSPS) is 9.92. The number of esters is 1. The van der Waals surface area contributed by atoms with E-state index in [4.69, 9.17) is 0 Å². The number of rotatable bonds is 1. The molecule has 3 nitrogen and oxygen atoms in total. The highest BCUT2D eigenvalue weighted by atomic mass is 127. The summed E-state index contributed by atoms with van der Waals surface area (Å²) in [7, 11) is 1.28. The topological polar surface area (TPSA) is 46.5 Å². The van der Waals surface area contributed by atoms with Crippen LogP contribution in [0.15, 0.2) is 3.79 Å². The Hall–Kier alpha value is 0.180. The Balaban J connectivity index is 3.17. The van der Waals surface area contributed by atoms with Crippen LogP contribution in [0.2, 0.25) is 0 Å². The van der Waals surface area contributed by atoms with Gasteiger partial charge in [0.25, 0.3) is 0 Å². The van der Waals surface area contributed by atoms with Gasteiger partial charge in [0.1, 0.15) is 0 Å². The van der Waals surface area contributed by atoms with Crippen LogP contribution >= 0.6 is 49.9 Å². The van der Waals surface area contributed by atoms with Gasteiger partial charge in [0.05, 0.1) is 14.5 Å². The Kier molecular flexibility index (Phi) is 3.36. The Morgan fingerprint density at radius 3 is 2.67 bits per heavy atom. The molecule has 0 aliphatic carbocycles. The maximum Gasteiger partial charge on any atom is 0.351 e. The molecule has 0 aromatic carbocycles. The molecule has 0 amide bonds. The third-order valence-electron chi connectivity index (χ3n) is 1.16. The highest BCUT2D eigenvalue weighted by Crippen LogP contribution is 2.39. The summed E-state index contributed by atoms with van der Waals surface area (Å²) in [5, 5.41) is 9.39. The quantitative estimate of drug-likeness (QED) is 0.617. The number of ether oxygens (including phenoxy) is 1. The lowest BCUT2D eigenvalue weighted by atomic mass is 10.4. The van der Waals surface area contributed by atoms with Crippen LogP contribution in [-0.4, -0.2) is 18.2 Å². The van der Waals surface area contributed by atoms with Gasteiger partial charge in [0, 0.05) is 0 Å². The lowest BCUT2D eigenvalue weighted by Crippen LogP contribution is -1.97. The molecular weight excluding hydrogens is 359 g/mol. The fraction of sp³-hybridized carbons (Fsp3) is 0.167. The predicted molar refractivity (Wildman–Crippen MR) is 57.7 cm³/mol. The molecule has 0 saturated heterocycles. The van der Waals surface area contributed by atoms with Gasteiger partial charge < -0.3 is 9.84 Å². The fourth-order valence-corrected chi connectivity index (χ4v) is 2.79. The number of aromatic hydroxyl groups is 1. The summed E-state index contributed by atoms with van der Waals surface area (Å²) < 4.78 is 5.85. The minimum atomic E-state index is -0.513. The Bertz CT molecular complexity index is 323. The van der Waals surface area contributed by atoms with Crippen molar-refractivity contribution in [1.29, 1.82) is 0 Å². The van der Waals surface area contributed by atoms with E-state index < -0.39 is 5.97 Å². The summed E-state index contributed by atoms with van der Waals surface area (Å²) in [6.07, 6.45) is 0. The molecule has 0 aliphatic heterocycles. The van der Waals surface area contributed by atoms with Crippen molar-refractivity contribution < 1.29 is 14.6 Å². The SMILES string of the molecule is COC(=O)c1sc(Br)c(I)c1O. The molecule has 0 spiro atoms. The van der Waals surface area contributed by atoms with Crippen LogP contribution in [0.3, 0.4) is 0 Å². The summed E-state index contributed by atoms with van der Waals surface area (Å²) in [6.45, 7) is 0. The van der Waals surface area contributed by atoms with E-state index in [2.05, 4.69) is 20.7 Å². The van der Waals surface area contributed by atoms with Crippen molar-refractivity contribution >= 4 is 55.8 Å². The van der Waals surface area contributed by atoms with Gasteiger partial charge in [0.15, 0.2) is 10.6 Å². The molecule has 1 aromatic heterocycles. The standard InChI is InChI=1S/C6H4BrIO3S/c1-11-6(10)4-3(9)2(8)5(7)12-4/h9H,1H3. The lowest BCUT2D eigenvalue weighted by Gasteiger charge is -1.94. The van der Waals surface area contributed by atoms with E-state index in [-0.39, 0.29) is 10.6 Å². The van der Waals surface area contributed by atoms with Crippen molar-refractivity contribution in [2.45, 2.75) is 0 Å². The van der Waals surface area contributed by atoms with Crippen LogP contribution in [0.1, 0.15) is 9.67 Å². The first-order chi connectivity index (χ1) is 5.57. The zero-order chi connectivity index (χ0) is 9.30. The summed E-state index contributed by atoms with van der Waals surface area (Å²) in [5.74, 6) is -0.527. The van der Waals surface area contributed by atoms with Crippen LogP contribution in [0, 0.1) is 3.57 Å². The van der Waals surface area contributed by atoms with Crippen molar-refractivity contribution in [2.24, 2.45) is 0 Å². The van der Waals surface area contributed by atoms with E-state index in [1.807, 2.05) is 22.6 Å². The van der Waals surface area contributed by atoms with Crippen molar-refractivity contribution in [1.82, 2.24) is 0 Å². The van der Waals surface area contributed by atoms with Gasteiger partial charge in [-0.25, -0.2) is 4.79 Å². The molecule has 12 heavy (non-hydrogen) atoms. The largest absolute Gasteiger partial charge is 0.505 e. The molecule has 0 atom stereocenters. The molecule has 0 aliphatic rings. The minimum absolute atomic E-state index is 0.0145. The summed E-state index contributed by atoms with van der Waals surface area (Å²) >= 11 is 6.31. The van der Waals surface area contributed by atoms with Gasteiger partial charge in [-0.05, 0) is 38.5 Å². The van der Waals surface area contributed by atoms with E-state index >= 15 is 0 Å². The van der Waals surface area contributed by atoms with Crippen molar-refractivity contribution in [3.8, 4) is 5.75 Å². The summed E-state index contributed by atoms with van der Waals surface area (Å²) in [5.41, 5.74) is 0. The molecule has 0 radical (unpaired) electrons. The maximum absolute atomic E-state index is 11.0. The van der Waals surface area contributed by atoms with E-state index in [0.29, 0.717) is 3.57 Å². The van der Waals surface area contributed by atoms with E-state index in [9.17, 15) is 9.90 Å². The van der Waals surface area contributed by atoms with Crippen molar-refractivity contribution in [3.05, 3.63) is 12.2 Å². The van der Waals surface area contributed by atoms with E-state index in [1.165, 1.54) is 7.11 Å². The second-order valence-electron chi connectivity index (χ2n) is 1.86. The van der Waals surface area contributed by atoms with Crippen LogP contribution in [-0.2, 0) is 4.74 Å². The number of carbonyl (C=O) groups is 1. The Morgan fingerprint density at radius 2 is 2.33 bits per heavy atom. The lowest BCUT2D eigenvalue weighted by molar-refractivity contribution is 0.0603. The minimum Gasteiger partial charge on any atom is -0.505 e. The zero-order valence-corrected chi connectivity index (χ0v) is 10.5. The molecule has 66 valence electrons.